The molecule has 0 radical (unpaired) electrons. The van der Waals surface area contributed by atoms with E-state index >= 15 is 0 Å². The summed E-state index contributed by atoms with van der Waals surface area (Å²) in [5, 5.41) is 9.54. The van der Waals surface area contributed by atoms with Gasteiger partial charge >= 0.3 is 0 Å². The molecule has 0 saturated carbocycles. The highest BCUT2D eigenvalue weighted by atomic mass is 32.1. The van der Waals surface area contributed by atoms with Crippen LogP contribution in [-0.4, -0.2) is 16.0 Å². The van der Waals surface area contributed by atoms with Crippen LogP contribution in [0.2, 0.25) is 0 Å². The van der Waals surface area contributed by atoms with Gasteiger partial charge in [0.2, 0.25) is 0 Å². The summed E-state index contributed by atoms with van der Waals surface area (Å²) in [6.45, 7) is 2.71. The molecule has 104 valence electrons. The Labute approximate surface area is 124 Å². The third-order valence-corrected chi connectivity index (χ3v) is 4.74. The maximum absolute atomic E-state index is 11.9. The molecule has 0 amide bonds. The van der Waals surface area contributed by atoms with Gasteiger partial charge in [-0.3, -0.25) is 4.79 Å². The van der Waals surface area contributed by atoms with Gasteiger partial charge in [-0.2, -0.15) is 11.3 Å². The highest BCUT2D eigenvalue weighted by molar-refractivity contribution is 7.17. The Balaban J connectivity index is 1.66. The zero-order valence-corrected chi connectivity index (χ0v) is 12.7. The Morgan fingerprint density at radius 2 is 2.30 bits per heavy atom. The first-order valence-electron chi connectivity index (χ1n) is 6.43. The molecule has 0 saturated heterocycles. The molecule has 0 spiro atoms. The van der Waals surface area contributed by atoms with E-state index in [0.717, 1.165) is 11.9 Å². The van der Waals surface area contributed by atoms with Crippen LogP contribution in [0.25, 0.3) is 10.2 Å². The molecule has 3 aromatic heterocycles. The van der Waals surface area contributed by atoms with E-state index in [-0.39, 0.29) is 5.56 Å². The average molecular weight is 305 g/mol. The maximum atomic E-state index is 11.9. The first-order chi connectivity index (χ1) is 9.72. The number of hydrogen-bond donors (Lipinski definition) is 2. The lowest BCUT2D eigenvalue weighted by Crippen LogP contribution is -2.29. The quantitative estimate of drug-likeness (QED) is 0.762. The number of fused-ring (bicyclic) bond motifs is 1. The van der Waals surface area contributed by atoms with Crippen LogP contribution in [0.15, 0.2) is 33.1 Å². The molecule has 0 aromatic carbocycles. The predicted octanol–water partition coefficient (Wildman–Crippen LogP) is 2.77. The molecule has 1 unspecified atom stereocenters. The van der Waals surface area contributed by atoms with Crippen LogP contribution >= 0.6 is 22.7 Å². The van der Waals surface area contributed by atoms with E-state index in [1.807, 2.05) is 11.4 Å². The first kappa shape index (κ1) is 13.5. The molecule has 20 heavy (non-hydrogen) atoms. The van der Waals surface area contributed by atoms with Gasteiger partial charge in [0.1, 0.15) is 10.5 Å². The number of nitrogens with zero attached hydrogens (tertiary/aromatic N) is 1. The van der Waals surface area contributed by atoms with Crippen molar-refractivity contribution in [3.8, 4) is 0 Å². The van der Waals surface area contributed by atoms with Gasteiger partial charge in [-0.15, -0.1) is 11.3 Å². The second-order valence-electron chi connectivity index (χ2n) is 4.77. The van der Waals surface area contributed by atoms with E-state index in [2.05, 4.69) is 39.0 Å². The summed E-state index contributed by atoms with van der Waals surface area (Å²) < 4.78 is 0.695. The number of hydrogen-bond acceptors (Lipinski definition) is 5. The summed E-state index contributed by atoms with van der Waals surface area (Å²) in [6, 6.07) is 4.36. The van der Waals surface area contributed by atoms with Crippen molar-refractivity contribution in [3.05, 3.63) is 50.0 Å². The van der Waals surface area contributed by atoms with Crippen LogP contribution in [-0.2, 0) is 13.0 Å². The Bertz CT molecular complexity index is 745. The number of aromatic nitrogens is 2. The molecule has 0 aliphatic heterocycles. The van der Waals surface area contributed by atoms with Crippen LogP contribution < -0.4 is 10.9 Å². The van der Waals surface area contributed by atoms with Gasteiger partial charge in [-0.1, -0.05) is 0 Å². The number of thiophene rings is 2. The fourth-order valence-electron chi connectivity index (χ4n) is 2.11. The largest absolute Gasteiger partial charge is 0.308 e. The Morgan fingerprint density at radius 3 is 3.10 bits per heavy atom. The van der Waals surface area contributed by atoms with Crippen molar-refractivity contribution in [1.82, 2.24) is 15.3 Å². The summed E-state index contributed by atoms with van der Waals surface area (Å²) in [5.41, 5.74) is 2.07. The summed E-state index contributed by atoms with van der Waals surface area (Å²) >= 11 is 3.14. The third kappa shape index (κ3) is 2.98. The van der Waals surface area contributed by atoms with Crippen LogP contribution in [0.5, 0.6) is 0 Å². The van der Waals surface area contributed by atoms with E-state index in [4.69, 9.17) is 0 Å². The lowest BCUT2D eigenvalue weighted by molar-refractivity contribution is 0.534. The zero-order chi connectivity index (χ0) is 13.9. The molecule has 6 heteroatoms. The van der Waals surface area contributed by atoms with Gasteiger partial charge in [0, 0.05) is 6.04 Å². The summed E-state index contributed by atoms with van der Waals surface area (Å²) in [4.78, 5) is 19.1. The second-order valence-corrected chi connectivity index (χ2v) is 6.46. The SMILES string of the molecule is CC(Cc1ccsc1)NCc1nc2ccsc2c(=O)[nH]1. The van der Waals surface area contributed by atoms with Gasteiger partial charge < -0.3 is 10.3 Å². The van der Waals surface area contributed by atoms with Crippen molar-refractivity contribution in [1.29, 1.82) is 0 Å². The zero-order valence-electron chi connectivity index (χ0n) is 11.1. The van der Waals surface area contributed by atoms with E-state index in [1.165, 1.54) is 16.9 Å². The molecular formula is C14H15N3OS2. The molecule has 3 heterocycles. The van der Waals surface area contributed by atoms with E-state index in [9.17, 15) is 4.79 Å². The van der Waals surface area contributed by atoms with Crippen molar-refractivity contribution in [3.63, 3.8) is 0 Å². The van der Waals surface area contributed by atoms with E-state index < -0.39 is 0 Å². The normalized spacial score (nSPS) is 12.8. The Kier molecular flexibility index (Phi) is 3.95. The standard InChI is InChI=1S/C14H15N3OS2/c1-9(6-10-2-4-19-8-10)15-7-12-16-11-3-5-20-13(11)14(18)17-12/h2-5,8-9,15H,6-7H2,1H3,(H,16,17,18). The van der Waals surface area contributed by atoms with Gasteiger partial charge in [-0.05, 0) is 47.2 Å². The minimum Gasteiger partial charge on any atom is -0.308 e. The molecule has 4 nitrogen and oxygen atoms in total. The Morgan fingerprint density at radius 1 is 1.40 bits per heavy atom. The molecule has 0 bridgehead atoms. The average Bonchev–Trinajstić information content (AvgIpc) is 3.07. The lowest BCUT2D eigenvalue weighted by Gasteiger charge is -2.12. The minimum absolute atomic E-state index is 0.0488. The fraction of sp³-hybridized carbons (Fsp3) is 0.286. The summed E-state index contributed by atoms with van der Waals surface area (Å²) in [7, 11) is 0. The third-order valence-electron chi connectivity index (χ3n) is 3.10. The molecule has 1 atom stereocenters. The van der Waals surface area contributed by atoms with Crippen LogP contribution in [0, 0.1) is 0 Å². The number of H-pyrrole nitrogens is 1. The highest BCUT2D eigenvalue weighted by Gasteiger charge is 2.07. The van der Waals surface area contributed by atoms with E-state index in [0.29, 0.717) is 23.1 Å². The number of nitrogens with one attached hydrogen (secondary N) is 2. The summed E-state index contributed by atoms with van der Waals surface area (Å²) in [5.74, 6) is 0.693. The molecular weight excluding hydrogens is 290 g/mol. The Hall–Kier alpha value is -1.50. The number of rotatable bonds is 5. The molecule has 2 N–H and O–H groups in total. The minimum atomic E-state index is -0.0488. The molecule has 3 rings (SSSR count). The fourth-order valence-corrected chi connectivity index (χ4v) is 3.52. The van der Waals surface area contributed by atoms with Crippen molar-refractivity contribution in [2.24, 2.45) is 0 Å². The van der Waals surface area contributed by atoms with Crippen molar-refractivity contribution < 1.29 is 0 Å². The van der Waals surface area contributed by atoms with Crippen LogP contribution in [0.1, 0.15) is 18.3 Å². The van der Waals surface area contributed by atoms with Crippen LogP contribution in [0.3, 0.4) is 0 Å². The molecule has 3 aromatic rings. The van der Waals surface area contributed by atoms with Crippen molar-refractivity contribution >= 4 is 32.9 Å². The number of aromatic amines is 1. The molecule has 0 aliphatic carbocycles. The van der Waals surface area contributed by atoms with E-state index in [1.54, 1.807) is 11.3 Å². The predicted molar refractivity (Wildman–Crippen MR) is 84.6 cm³/mol. The van der Waals surface area contributed by atoms with Gasteiger partial charge in [-0.25, -0.2) is 4.98 Å². The maximum Gasteiger partial charge on any atom is 0.268 e. The summed E-state index contributed by atoms with van der Waals surface area (Å²) in [6.07, 6.45) is 0.981. The topological polar surface area (TPSA) is 57.8 Å². The van der Waals surface area contributed by atoms with Crippen LogP contribution in [0.4, 0.5) is 0 Å². The smallest absolute Gasteiger partial charge is 0.268 e. The van der Waals surface area contributed by atoms with Crippen molar-refractivity contribution in [2.45, 2.75) is 25.9 Å². The van der Waals surface area contributed by atoms with Gasteiger partial charge in [0.15, 0.2) is 0 Å². The van der Waals surface area contributed by atoms with Gasteiger partial charge in [0.25, 0.3) is 5.56 Å². The monoisotopic (exact) mass is 305 g/mol. The molecule has 0 aliphatic rings. The van der Waals surface area contributed by atoms with Gasteiger partial charge in [0.05, 0.1) is 12.1 Å². The highest BCUT2D eigenvalue weighted by Crippen LogP contribution is 2.13. The lowest BCUT2D eigenvalue weighted by atomic mass is 10.1. The second kappa shape index (κ2) is 5.87. The first-order valence-corrected chi connectivity index (χ1v) is 8.25. The van der Waals surface area contributed by atoms with Crippen molar-refractivity contribution in [2.75, 3.05) is 0 Å². The molecule has 0 fully saturated rings.